The second-order valence-corrected chi connectivity index (χ2v) is 18.2. The highest BCUT2D eigenvalue weighted by atomic mass is 16.6. The standard InChI is InChI=1S/C53H73NO13/c1-36-18-14-12-10-8-6-4-5-7-9-11-13-15-19-43(58)30-50-46(35-55)49(63)34-53(65,67-50)33-45(60)29-42(57)22-16-20-41(56)21-17-23-44(59)31-51(64)66-52(36)38(3)28-37(2)47(61)32-48(62)39-24-26-40(54)27-25-39/h4-15,18-19,24-27,35-38,42-43,45-47,49-50,52,57-58,60-61,63,65H,16-17,20-23,28-34,54H2,1-3H3/b5-4+,8-6+,9-7+,12-10+,13-11+,18-14+,19-15+. The van der Waals surface area contributed by atoms with E-state index in [1.165, 1.54) is 6.08 Å². The van der Waals surface area contributed by atoms with E-state index in [2.05, 4.69) is 0 Å². The van der Waals surface area contributed by atoms with Crippen LogP contribution < -0.4 is 5.73 Å². The molecular weight excluding hydrogens is 859 g/mol. The minimum Gasteiger partial charge on any atom is -0.461 e. The van der Waals surface area contributed by atoms with Crippen LogP contribution in [-0.2, 0) is 28.7 Å². The first kappa shape index (κ1) is 56.4. The maximum Gasteiger partial charge on any atom is 0.313 e. The van der Waals surface area contributed by atoms with Gasteiger partial charge in [0.05, 0.1) is 42.5 Å². The quantitative estimate of drug-likeness (QED) is 0.0512. The molecule has 3 rings (SSSR count). The number of carbonyl (C=O) groups is 5. The molecule has 2 aliphatic rings. The normalized spacial score (nSPS) is 33.4. The molecule has 368 valence electrons. The van der Waals surface area contributed by atoms with Crippen LogP contribution in [0, 0.1) is 23.7 Å². The second kappa shape index (κ2) is 29.7. The predicted molar refractivity (Wildman–Crippen MR) is 256 cm³/mol. The van der Waals surface area contributed by atoms with Crippen LogP contribution in [0.2, 0.25) is 0 Å². The van der Waals surface area contributed by atoms with Crippen molar-refractivity contribution in [3.8, 4) is 0 Å². The van der Waals surface area contributed by atoms with Crippen LogP contribution in [-0.4, -0.2) is 109 Å². The third kappa shape index (κ3) is 21.7. The lowest BCUT2D eigenvalue weighted by Crippen LogP contribution is -2.54. The molecule has 1 aromatic carbocycles. The number of rotatable bonds is 8. The number of carbonyl (C=O) groups excluding carboxylic acids is 5. The fraction of sp³-hybridized carbons (Fsp3) is 0.528. The monoisotopic (exact) mass is 932 g/mol. The lowest BCUT2D eigenvalue weighted by Gasteiger charge is -2.44. The van der Waals surface area contributed by atoms with Crippen molar-refractivity contribution in [2.75, 3.05) is 5.73 Å². The highest BCUT2D eigenvalue weighted by molar-refractivity contribution is 5.97. The third-order valence-electron chi connectivity index (χ3n) is 12.1. The molecule has 2 bridgehead atoms. The molecule has 2 heterocycles. The van der Waals surface area contributed by atoms with Crippen LogP contribution in [0.3, 0.4) is 0 Å². The number of hydrogen-bond acceptors (Lipinski definition) is 14. The zero-order valence-corrected chi connectivity index (χ0v) is 39.1. The van der Waals surface area contributed by atoms with Gasteiger partial charge in [-0.2, -0.15) is 0 Å². The van der Waals surface area contributed by atoms with Crippen molar-refractivity contribution < 1.29 is 64.1 Å². The van der Waals surface area contributed by atoms with Crippen LogP contribution in [0.1, 0.15) is 115 Å². The number of allylic oxidation sites excluding steroid dienone is 12. The van der Waals surface area contributed by atoms with Crippen LogP contribution in [0.15, 0.2) is 109 Å². The summed E-state index contributed by atoms with van der Waals surface area (Å²) in [6.45, 7) is 5.64. The molecule has 0 aromatic heterocycles. The van der Waals surface area contributed by atoms with Crippen LogP contribution in [0.4, 0.5) is 5.69 Å². The highest BCUT2D eigenvalue weighted by Gasteiger charge is 2.47. The van der Waals surface area contributed by atoms with Crippen LogP contribution >= 0.6 is 0 Å². The number of nitrogen functional groups attached to an aromatic ring is 1. The molecule has 2 aliphatic heterocycles. The number of Topliss-reactive ketones (excluding diaryl/α,β-unsaturated/α-hetero) is 3. The minimum atomic E-state index is -2.03. The molecule has 14 heteroatoms. The van der Waals surface area contributed by atoms with Gasteiger partial charge in [0.2, 0.25) is 0 Å². The van der Waals surface area contributed by atoms with E-state index in [1.807, 2.05) is 69.4 Å². The lowest BCUT2D eigenvalue weighted by atomic mass is 9.83. The molecule has 12 unspecified atom stereocenters. The summed E-state index contributed by atoms with van der Waals surface area (Å²) in [5, 5.41) is 64.9. The van der Waals surface area contributed by atoms with Gasteiger partial charge in [0.1, 0.15) is 30.4 Å². The first-order chi connectivity index (χ1) is 31.9. The number of ether oxygens (including phenoxy) is 2. The van der Waals surface area contributed by atoms with Gasteiger partial charge >= 0.3 is 5.97 Å². The Morgan fingerprint density at radius 3 is 1.97 bits per heavy atom. The van der Waals surface area contributed by atoms with E-state index in [0.717, 1.165) is 0 Å². The van der Waals surface area contributed by atoms with E-state index >= 15 is 0 Å². The molecule has 1 saturated heterocycles. The lowest BCUT2D eigenvalue weighted by molar-refractivity contribution is -0.296. The summed E-state index contributed by atoms with van der Waals surface area (Å²) in [6, 6.07) is 6.50. The van der Waals surface area contributed by atoms with Crippen molar-refractivity contribution in [3.63, 3.8) is 0 Å². The number of esters is 1. The zero-order chi connectivity index (χ0) is 49.4. The van der Waals surface area contributed by atoms with Crippen LogP contribution in [0.25, 0.3) is 0 Å². The van der Waals surface area contributed by atoms with Gasteiger partial charge in [-0.3, -0.25) is 19.2 Å². The topological polar surface area (TPSA) is 251 Å². The molecular formula is C53H73NO13. The molecule has 0 radical (unpaired) electrons. The van der Waals surface area contributed by atoms with Crippen LogP contribution in [0.5, 0.6) is 0 Å². The van der Waals surface area contributed by atoms with E-state index in [0.29, 0.717) is 30.4 Å². The second-order valence-electron chi connectivity index (χ2n) is 18.2. The number of aliphatic hydroxyl groups is 6. The van der Waals surface area contributed by atoms with Crippen molar-refractivity contribution in [1.29, 1.82) is 0 Å². The number of cyclic esters (lactones) is 1. The van der Waals surface area contributed by atoms with Crippen molar-refractivity contribution in [1.82, 2.24) is 0 Å². The first-order valence-corrected chi connectivity index (χ1v) is 23.4. The van der Waals surface area contributed by atoms with E-state index < -0.39 is 66.8 Å². The van der Waals surface area contributed by atoms with Crippen molar-refractivity contribution in [3.05, 3.63) is 115 Å². The molecule has 12 atom stereocenters. The van der Waals surface area contributed by atoms with Crippen molar-refractivity contribution in [2.45, 2.75) is 153 Å². The Labute approximate surface area is 395 Å². The number of benzene rings is 1. The summed E-state index contributed by atoms with van der Waals surface area (Å²) in [6.07, 6.45) is 17.8. The predicted octanol–water partition coefficient (Wildman–Crippen LogP) is 6.10. The van der Waals surface area contributed by atoms with Gasteiger partial charge in [-0.15, -0.1) is 0 Å². The van der Waals surface area contributed by atoms with Gasteiger partial charge in [-0.1, -0.05) is 106 Å². The van der Waals surface area contributed by atoms with E-state index in [-0.39, 0.29) is 99.3 Å². The van der Waals surface area contributed by atoms with E-state index in [9.17, 15) is 54.6 Å². The Morgan fingerprint density at radius 1 is 0.791 bits per heavy atom. The molecule has 14 nitrogen and oxygen atoms in total. The fourth-order valence-electron chi connectivity index (χ4n) is 8.40. The third-order valence-corrected chi connectivity index (χ3v) is 12.1. The number of hydrogen-bond donors (Lipinski definition) is 7. The molecule has 0 spiro atoms. The van der Waals surface area contributed by atoms with Gasteiger partial charge in [0.15, 0.2) is 11.6 Å². The van der Waals surface area contributed by atoms with Gasteiger partial charge in [0, 0.05) is 62.1 Å². The average molecular weight is 932 g/mol. The number of nitrogens with two attached hydrogens (primary N) is 1. The summed E-state index contributed by atoms with van der Waals surface area (Å²) in [5.41, 5.74) is 6.73. The number of anilines is 1. The molecule has 0 amide bonds. The Bertz CT molecular complexity index is 1930. The van der Waals surface area contributed by atoms with Crippen molar-refractivity contribution in [2.24, 2.45) is 23.7 Å². The Morgan fingerprint density at radius 2 is 1.36 bits per heavy atom. The maximum atomic E-state index is 13.2. The molecule has 8 N–H and O–H groups in total. The SMILES string of the molecule is CC1/C=C/C=C/C=C/C=C/C=C/C=C/C=C/C(O)CC2OC(O)(CC(O)CC(O)CCCC(=O)CCCC(=O)CC(=O)OC1C(C)CC(C)C(O)CC(=O)c1ccc(N)cc1)CC(O)C2C=O. The summed E-state index contributed by atoms with van der Waals surface area (Å²) in [4.78, 5) is 63.4. The Hall–Kier alpha value is -4.93. The van der Waals surface area contributed by atoms with Crippen molar-refractivity contribution >= 4 is 35.3 Å². The van der Waals surface area contributed by atoms with E-state index in [4.69, 9.17) is 15.2 Å². The van der Waals surface area contributed by atoms with Gasteiger partial charge in [0.25, 0.3) is 0 Å². The van der Waals surface area contributed by atoms with Gasteiger partial charge in [-0.25, -0.2) is 0 Å². The Balaban J connectivity index is 1.71. The molecule has 0 saturated carbocycles. The summed E-state index contributed by atoms with van der Waals surface area (Å²) >= 11 is 0. The molecule has 1 aromatic rings. The highest BCUT2D eigenvalue weighted by Crippen LogP contribution is 2.36. The average Bonchev–Trinajstić information content (AvgIpc) is 3.24. The Kier molecular flexibility index (Phi) is 25.0. The molecule has 0 aliphatic carbocycles. The fourth-order valence-corrected chi connectivity index (χ4v) is 8.40. The molecule has 67 heavy (non-hydrogen) atoms. The van der Waals surface area contributed by atoms with Gasteiger partial charge in [-0.05, 0) is 68.2 Å². The summed E-state index contributed by atoms with van der Waals surface area (Å²) in [5.74, 6) is -5.37. The molecule has 1 fully saturated rings. The number of aliphatic hydroxyl groups excluding tert-OH is 5. The first-order valence-electron chi connectivity index (χ1n) is 23.4. The number of fused-ring (bicyclic) bond motifs is 2. The van der Waals surface area contributed by atoms with E-state index in [1.54, 1.807) is 54.6 Å². The smallest absolute Gasteiger partial charge is 0.313 e. The number of ketones is 3. The maximum absolute atomic E-state index is 13.2. The largest absolute Gasteiger partial charge is 0.461 e. The zero-order valence-electron chi connectivity index (χ0n) is 39.1. The minimum absolute atomic E-state index is 0.0127. The number of aldehydes is 1. The summed E-state index contributed by atoms with van der Waals surface area (Å²) < 4.78 is 11.8. The summed E-state index contributed by atoms with van der Waals surface area (Å²) in [7, 11) is 0. The van der Waals surface area contributed by atoms with Gasteiger partial charge < -0.3 is 50.6 Å².